The van der Waals surface area contributed by atoms with Gasteiger partial charge in [0.05, 0.1) is 15.2 Å². The molecule has 0 unspecified atom stereocenters. The molecule has 0 aliphatic carbocycles. The second-order valence-corrected chi connectivity index (χ2v) is 5.39. The summed E-state index contributed by atoms with van der Waals surface area (Å²) in [6.07, 6.45) is -4.72. The predicted octanol–water partition coefficient (Wildman–Crippen LogP) is 2.39. The molecule has 0 fully saturated rings. The number of halogens is 5. The highest BCUT2D eigenvalue weighted by Crippen LogP contribution is 2.32. The van der Waals surface area contributed by atoms with Gasteiger partial charge >= 0.3 is 12.1 Å². The van der Waals surface area contributed by atoms with Crippen LogP contribution in [0.5, 0.6) is 0 Å². The third-order valence-corrected chi connectivity index (χ3v) is 4.03. The van der Waals surface area contributed by atoms with Gasteiger partial charge in [-0.05, 0) is 22.9 Å². The van der Waals surface area contributed by atoms with Crippen LogP contribution in [0.2, 0.25) is 5.02 Å². The maximum atomic E-state index is 12.4. The highest BCUT2D eigenvalue weighted by molar-refractivity contribution is 9.10. The molecule has 1 atom stereocenters. The molecule has 6 nitrogen and oxygen atoms in total. The van der Waals surface area contributed by atoms with Crippen LogP contribution in [-0.4, -0.2) is 39.6 Å². The Morgan fingerprint density at radius 1 is 1.36 bits per heavy atom. The van der Waals surface area contributed by atoms with Crippen molar-refractivity contribution in [3.8, 4) is 0 Å². The van der Waals surface area contributed by atoms with Gasteiger partial charge in [0, 0.05) is 7.05 Å². The quantitative estimate of drug-likeness (QED) is 0.595. The van der Waals surface area contributed by atoms with Crippen molar-refractivity contribution in [2.75, 3.05) is 0 Å². The molecule has 1 rings (SSSR count). The third-order valence-electron chi connectivity index (χ3n) is 2.74. The summed E-state index contributed by atoms with van der Waals surface area (Å²) in [5, 5.41) is 9.91. The lowest BCUT2D eigenvalue weighted by Crippen LogP contribution is -2.45. The molecular weight excluding hydrogens is 396 g/mol. The zero-order chi connectivity index (χ0) is 17.4. The Bertz CT molecular complexity index is 657. The summed E-state index contributed by atoms with van der Waals surface area (Å²) in [4.78, 5) is 34.6. The van der Waals surface area contributed by atoms with Crippen LogP contribution in [0.3, 0.4) is 0 Å². The van der Waals surface area contributed by atoms with Crippen LogP contribution in [0.4, 0.5) is 13.2 Å². The summed E-state index contributed by atoms with van der Waals surface area (Å²) in [5.74, 6) is -4.39. The molecule has 0 aliphatic rings. The van der Waals surface area contributed by atoms with Crippen LogP contribution < -0.4 is 5.32 Å². The molecule has 0 saturated heterocycles. The number of carboxylic acid groups (broad SMARTS) is 1. The van der Waals surface area contributed by atoms with Gasteiger partial charge in [0.15, 0.2) is 0 Å². The average Bonchev–Trinajstić information content (AvgIpc) is 2.58. The molecule has 0 aromatic carbocycles. The van der Waals surface area contributed by atoms with Crippen molar-refractivity contribution in [1.29, 1.82) is 0 Å². The molecule has 0 bridgehead atoms. The fraction of sp³-hybridized carbons (Fsp3) is 0.364. The number of carbonyl (C=O) groups excluding carboxylic acids is 2. The van der Waals surface area contributed by atoms with Crippen LogP contribution in [0.1, 0.15) is 27.8 Å². The van der Waals surface area contributed by atoms with Gasteiger partial charge in [0.1, 0.15) is 11.7 Å². The highest BCUT2D eigenvalue weighted by atomic mass is 79.9. The number of ketones is 1. The van der Waals surface area contributed by atoms with Crippen molar-refractivity contribution in [1.82, 2.24) is 9.88 Å². The Balaban J connectivity index is 3.17. The second-order valence-electron chi connectivity index (χ2n) is 4.26. The number of aromatic carboxylic acids is 1. The summed E-state index contributed by atoms with van der Waals surface area (Å²) >= 11 is 8.63. The van der Waals surface area contributed by atoms with E-state index < -0.39 is 46.2 Å². The molecule has 0 saturated carbocycles. The van der Waals surface area contributed by atoms with Gasteiger partial charge in [-0.2, -0.15) is 13.2 Å². The van der Waals surface area contributed by atoms with Gasteiger partial charge < -0.3 is 15.0 Å². The lowest BCUT2D eigenvalue weighted by molar-refractivity contribution is -0.156. The maximum Gasteiger partial charge on any atom is 0.408 e. The molecule has 22 heavy (non-hydrogen) atoms. The minimum Gasteiger partial charge on any atom is -0.477 e. The minimum absolute atomic E-state index is 0.130. The summed E-state index contributed by atoms with van der Waals surface area (Å²) < 4.78 is 37.9. The number of amides is 1. The van der Waals surface area contributed by atoms with E-state index in [0.29, 0.717) is 6.92 Å². The van der Waals surface area contributed by atoms with E-state index in [1.165, 1.54) is 12.4 Å². The topological polar surface area (TPSA) is 88.4 Å². The minimum atomic E-state index is -4.72. The highest BCUT2D eigenvalue weighted by Gasteiger charge is 2.39. The Kier molecular flexibility index (Phi) is 5.29. The number of Topliss-reactive ketones (excluding diaryl/α,β-unsaturated/α-hetero) is 1. The molecule has 11 heteroatoms. The number of hydrogen-bond donors (Lipinski definition) is 2. The van der Waals surface area contributed by atoms with E-state index in [2.05, 4.69) is 15.9 Å². The summed E-state index contributed by atoms with van der Waals surface area (Å²) in [7, 11) is 1.26. The fourth-order valence-electron chi connectivity index (χ4n) is 1.51. The number of alkyl halides is 3. The Labute approximate surface area is 135 Å². The predicted molar refractivity (Wildman–Crippen MR) is 73.1 cm³/mol. The van der Waals surface area contributed by atoms with E-state index in [1.807, 2.05) is 0 Å². The van der Waals surface area contributed by atoms with Crippen molar-refractivity contribution in [2.24, 2.45) is 7.05 Å². The first-order valence-corrected chi connectivity index (χ1v) is 6.75. The zero-order valence-electron chi connectivity index (χ0n) is 11.1. The summed E-state index contributed by atoms with van der Waals surface area (Å²) in [6, 6.07) is -2.25. The molecule has 1 amide bonds. The largest absolute Gasteiger partial charge is 0.477 e. The van der Waals surface area contributed by atoms with Crippen molar-refractivity contribution < 1.29 is 32.7 Å². The number of carboxylic acids is 1. The Morgan fingerprint density at radius 2 is 1.86 bits per heavy atom. The average molecular weight is 406 g/mol. The normalized spacial score (nSPS) is 12.9. The number of aromatic nitrogens is 1. The molecule has 1 aromatic rings. The summed E-state index contributed by atoms with van der Waals surface area (Å²) in [6.45, 7) is 0.662. The SMILES string of the molecule is C[C@@H](NC(=O)C(=O)c1c(Cl)c(C(=O)O)n(C)c1Br)C(F)(F)F. The molecule has 1 aromatic heterocycles. The first kappa shape index (κ1) is 18.5. The molecule has 122 valence electrons. The van der Waals surface area contributed by atoms with Crippen LogP contribution in [-0.2, 0) is 11.8 Å². The summed E-state index contributed by atoms with van der Waals surface area (Å²) in [5.41, 5.74) is -0.998. The van der Waals surface area contributed by atoms with Crippen molar-refractivity contribution in [2.45, 2.75) is 19.1 Å². The number of nitrogens with one attached hydrogen (secondary N) is 1. The van der Waals surface area contributed by atoms with Gasteiger partial charge in [-0.15, -0.1) is 0 Å². The lowest BCUT2D eigenvalue weighted by Gasteiger charge is -2.16. The van der Waals surface area contributed by atoms with Crippen LogP contribution in [0, 0.1) is 0 Å². The van der Waals surface area contributed by atoms with Gasteiger partial charge in [0.25, 0.3) is 11.7 Å². The van der Waals surface area contributed by atoms with Gasteiger partial charge in [-0.3, -0.25) is 9.59 Å². The smallest absolute Gasteiger partial charge is 0.408 e. The van der Waals surface area contributed by atoms with E-state index >= 15 is 0 Å². The molecular formula is C11H9BrClF3N2O4. The van der Waals surface area contributed by atoms with Gasteiger partial charge in [-0.1, -0.05) is 11.6 Å². The fourth-order valence-corrected chi connectivity index (χ4v) is 2.56. The zero-order valence-corrected chi connectivity index (χ0v) is 13.4. The standard InChI is InChI=1S/C11H9BrClF3N2O4/c1-3(11(14,15)16)17-9(20)7(19)4-5(13)6(10(21)22)18(2)8(4)12/h3H,1-2H3,(H,17,20)(H,21,22)/t3-/m1/s1. The number of carbonyl (C=O) groups is 3. The van der Waals surface area contributed by atoms with E-state index in [-0.39, 0.29) is 4.60 Å². The first-order valence-electron chi connectivity index (χ1n) is 5.58. The van der Waals surface area contributed by atoms with Gasteiger partial charge in [0.2, 0.25) is 0 Å². The van der Waals surface area contributed by atoms with Crippen molar-refractivity contribution in [3.05, 3.63) is 20.9 Å². The first-order chi connectivity index (χ1) is 9.89. The Morgan fingerprint density at radius 3 is 2.23 bits per heavy atom. The molecule has 1 heterocycles. The lowest BCUT2D eigenvalue weighted by atomic mass is 10.2. The van der Waals surface area contributed by atoms with Crippen LogP contribution >= 0.6 is 27.5 Å². The van der Waals surface area contributed by atoms with E-state index in [0.717, 1.165) is 4.57 Å². The maximum absolute atomic E-state index is 12.4. The van der Waals surface area contributed by atoms with E-state index in [9.17, 15) is 27.6 Å². The second kappa shape index (κ2) is 6.29. The van der Waals surface area contributed by atoms with Crippen molar-refractivity contribution >= 4 is 45.2 Å². The Hall–Kier alpha value is -1.55. The molecule has 0 aliphatic heterocycles. The van der Waals surface area contributed by atoms with Crippen LogP contribution in [0.15, 0.2) is 4.60 Å². The number of hydrogen-bond acceptors (Lipinski definition) is 3. The molecule has 0 radical (unpaired) electrons. The molecule has 2 N–H and O–H groups in total. The molecule has 0 spiro atoms. The van der Waals surface area contributed by atoms with Crippen molar-refractivity contribution in [3.63, 3.8) is 0 Å². The third kappa shape index (κ3) is 3.43. The monoisotopic (exact) mass is 404 g/mol. The number of nitrogens with zero attached hydrogens (tertiary/aromatic N) is 1. The van der Waals surface area contributed by atoms with E-state index in [4.69, 9.17) is 16.7 Å². The van der Waals surface area contributed by atoms with E-state index in [1.54, 1.807) is 0 Å². The number of rotatable bonds is 4. The van der Waals surface area contributed by atoms with Crippen LogP contribution in [0.25, 0.3) is 0 Å². The van der Waals surface area contributed by atoms with Gasteiger partial charge in [-0.25, -0.2) is 4.79 Å².